The topological polar surface area (TPSA) is 102 Å². The van der Waals surface area contributed by atoms with Crippen LogP contribution in [-0.2, 0) is 4.74 Å². The molecular weight excluding hydrogens is 300 g/mol. The molecule has 0 bridgehead atoms. The molecule has 0 aromatic heterocycles. The Labute approximate surface area is 126 Å². The number of carbonyl (C=O) groups is 1. The van der Waals surface area contributed by atoms with E-state index in [2.05, 4.69) is 5.32 Å². The molecule has 1 fully saturated rings. The third-order valence-corrected chi connectivity index (χ3v) is 3.92. The van der Waals surface area contributed by atoms with Crippen LogP contribution in [0.3, 0.4) is 0 Å². The summed E-state index contributed by atoms with van der Waals surface area (Å²) in [6.45, 7) is 2.22. The standard InChI is InChI=1S/C13H15ClN2O5/c1-8-13(18,4-5-21-8)7-15-12(17)9-2-3-11(16(19)20)10(14)6-9/h2-3,6,8,18H,4-5,7H2,1H3,(H,15,17). The molecule has 1 heterocycles. The minimum Gasteiger partial charge on any atom is -0.385 e. The number of halogens is 1. The van der Waals surface area contributed by atoms with Gasteiger partial charge in [0.05, 0.1) is 11.0 Å². The molecule has 0 aliphatic carbocycles. The number of nitrogens with zero attached hydrogens (tertiary/aromatic N) is 1. The number of amides is 1. The molecule has 114 valence electrons. The average Bonchev–Trinajstić information content (AvgIpc) is 2.76. The van der Waals surface area contributed by atoms with Gasteiger partial charge in [0.15, 0.2) is 0 Å². The van der Waals surface area contributed by atoms with Gasteiger partial charge in [-0.15, -0.1) is 0 Å². The highest BCUT2D eigenvalue weighted by Gasteiger charge is 2.39. The summed E-state index contributed by atoms with van der Waals surface area (Å²) in [5, 5.41) is 23.4. The van der Waals surface area contributed by atoms with Crippen molar-refractivity contribution in [2.75, 3.05) is 13.2 Å². The number of rotatable bonds is 4. The molecule has 0 spiro atoms. The van der Waals surface area contributed by atoms with Gasteiger partial charge in [-0.05, 0) is 19.1 Å². The number of hydrogen-bond acceptors (Lipinski definition) is 5. The summed E-state index contributed by atoms with van der Waals surface area (Å²) >= 11 is 5.76. The Morgan fingerprint density at radius 2 is 2.38 bits per heavy atom. The van der Waals surface area contributed by atoms with Crippen LogP contribution < -0.4 is 5.32 Å². The summed E-state index contributed by atoms with van der Waals surface area (Å²) in [5.74, 6) is -0.459. The van der Waals surface area contributed by atoms with E-state index in [-0.39, 0.29) is 28.9 Å². The second kappa shape index (κ2) is 5.97. The number of nitro groups is 1. The van der Waals surface area contributed by atoms with Crippen LogP contribution in [0.1, 0.15) is 23.7 Å². The van der Waals surface area contributed by atoms with Crippen molar-refractivity contribution in [2.45, 2.75) is 25.0 Å². The Morgan fingerprint density at radius 1 is 1.67 bits per heavy atom. The molecule has 1 aromatic carbocycles. The first-order valence-electron chi connectivity index (χ1n) is 6.39. The number of ether oxygens (including phenoxy) is 1. The highest BCUT2D eigenvalue weighted by molar-refractivity contribution is 6.33. The van der Waals surface area contributed by atoms with E-state index in [1.807, 2.05) is 0 Å². The maximum Gasteiger partial charge on any atom is 0.287 e. The van der Waals surface area contributed by atoms with Crippen molar-refractivity contribution in [3.05, 3.63) is 38.9 Å². The molecule has 2 atom stereocenters. The van der Waals surface area contributed by atoms with Gasteiger partial charge in [-0.1, -0.05) is 11.6 Å². The van der Waals surface area contributed by atoms with Crippen LogP contribution in [0.4, 0.5) is 5.69 Å². The minimum absolute atomic E-state index is 0.0433. The smallest absolute Gasteiger partial charge is 0.287 e. The lowest BCUT2D eigenvalue weighted by Gasteiger charge is -2.26. The highest BCUT2D eigenvalue weighted by Crippen LogP contribution is 2.26. The molecule has 1 saturated heterocycles. The fourth-order valence-corrected chi connectivity index (χ4v) is 2.38. The summed E-state index contributed by atoms with van der Waals surface area (Å²) in [6, 6.07) is 3.72. The number of carbonyl (C=O) groups excluding carboxylic acids is 1. The number of hydrogen-bond donors (Lipinski definition) is 2. The second-order valence-electron chi connectivity index (χ2n) is 4.97. The Balaban J connectivity index is 2.04. The average molecular weight is 315 g/mol. The van der Waals surface area contributed by atoms with Gasteiger partial charge in [-0.25, -0.2) is 0 Å². The Hall–Kier alpha value is -1.70. The molecule has 7 nitrogen and oxygen atoms in total. The molecule has 8 heteroatoms. The van der Waals surface area contributed by atoms with Crippen molar-refractivity contribution in [2.24, 2.45) is 0 Å². The van der Waals surface area contributed by atoms with E-state index in [1.165, 1.54) is 18.2 Å². The molecule has 1 amide bonds. The van der Waals surface area contributed by atoms with Gasteiger partial charge in [0, 0.05) is 31.2 Å². The quantitative estimate of drug-likeness (QED) is 0.648. The molecule has 0 radical (unpaired) electrons. The van der Waals surface area contributed by atoms with E-state index in [1.54, 1.807) is 6.92 Å². The van der Waals surface area contributed by atoms with Crippen molar-refractivity contribution in [3.8, 4) is 0 Å². The molecule has 2 N–H and O–H groups in total. The lowest BCUT2D eigenvalue weighted by Crippen LogP contribution is -2.47. The predicted octanol–water partition coefficient (Wildman–Crippen LogP) is 1.52. The van der Waals surface area contributed by atoms with Gasteiger partial charge in [0.25, 0.3) is 11.6 Å². The maximum absolute atomic E-state index is 12.0. The summed E-state index contributed by atoms with van der Waals surface area (Å²) in [6.07, 6.45) is 0.0772. The van der Waals surface area contributed by atoms with E-state index in [0.717, 1.165) is 0 Å². The van der Waals surface area contributed by atoms with Crippen molar-refractivity contribution >= 4 is 23.2 Å². The zero-order valence-corrected chi connectivity index (χ0v) is 12.1. The highest BCUT2D eigenvalue weighted by atomic mass is 35.5. The zero-order valence-electron chi connectivity index (χ0n) is 11.3. The van der Waals surface area contributed by atoms with Gasteiger partial charge < -0.3 is 15.2 Å². The van der Waals surface area contributed by atoms with Crippen molar-refractivity contribution in [1.82, 2.24) is 5.32 Å². The lowest BCUT2D eigenvalue weighted by atomic mass is 9.96. The van der Waals surface area contributed by atoms with Crippen LogP contribution in [0.5, 0.6) is 0 Å². The molecule has 1 aromatic rings. The van der Waals surface area contributed by atoms with E-state index in [9.17, 15) is 20.0 Å². The Morgan fingerprint density at radius 3 is 2.90 bits per heavy atom. The van der Waals surface area contributed by atoms with Crippen LogP contribution in [0.25, 0.3) is 0 Å². The van der Waals surface area contributed by atoms with Crippen LogP contribution in [-0.4, -0.2) is 40.8 Å². The Bertz CT molecular complexity index is 580. The van der Waals surface area contributed by atoms with Gasteiger partial charge >= 0.3 is 0 Å². The molecular formula is C13H15ClN2O5. The van der Waals surface area contributed by atoms with Crippen molar-refractivity contribution in [3.63, 3.8) is 0 Å². The van der Waals surface area contributed by atoms with Crippen LogP contribution in [0, 0.1) is 10.1 Å². The van der Waals surface area contributed by atoms with Gasteiger partial charge in [-0.3, -0.25) is 14.9 Å². The Kier molecular flexibility index (Phi) is 4.46. The monoisotopic (exact) mass is 314 g/mol. The van der Waals surface area contributed by atoms with Gasteiger partial charge in [0.2, 0.25) is 0 Å². The molecule has 1 aliphatic heterocycles. The fourth-order valence-electron chi connectivity index (χ4n) is 2.13. The molecule has 0 saturated carbocycles. The number of benzene rings is 1. The van der Waals surface area contributed by atoms with E-state index in [4.69, 9.17) is 16.3 Å². The molecule has 21 heavy (non-hydrogen) atoms. The zero-order chi connectivity index (χ0) is 15.6. The van der Waals surface area contributed by atoms with Crippen molar-refractivity contribution in [1.29, 1.82) is 0 Å². The maximum atomic E-state index is 12.0. The largest absolute Gasteiger partial charge is 0.385 e. The van der Waals surface area contributed by atoms with Gasteiger partial charge in [-0.2, -0.15) is 0 Å². The number of aliphatic hydroxyl groups is 1. The SMILES string of the molecule is CC1OCCC1(O)CNC(=O)c1ccc([N+](=O)[O-])c(Cl)c1. The summed E-state index contributed by atoms with van der Waals surface area (Å²) in [7, 11) is 0. The van der Waals surface area contributed by atoms with E-state index >= 15 is 0 Å². The number of nitrogens with one attached hydrogen (secondary N) is 1. The number of nitro benzene ring substituents is 1. The first kappa shape index (κ1) is 15.7. The fraction of sp³-hybridized carbons (Fsp3) is 0.462. The summed E-state index contributed by atoms with van der Waals surface area (Å²) in [4.78, 5) is 22.0. The predicted molar refractivity (Wildman–Crippen MR) is 75.4 cm³/mol. The first-order chi connectivity index (χ1) is 9.83. The summed E-state index contributed by atoms with van der Waals surface area (Å²) in [5.41, 5.74) is -1.16. The first-order valence-corrected chi connectivity index (χ1v) is 6.77. The van der Waals surface area contributed by atoms with E-state index in [0.29, 0.717) is 13.0 Å². The van der Waals surface area contributed by atoms with Crippen LogP contribution >= 0.6 is 11.6 Å². The van der Waals surface area contributed by atoms with Crippen LogP contribution in [0.2, 0.25) is 5.02 Å². The molecule has 2 rings (SSSR count). The van der Waals surface area contributed by atoms with Gasteiger partial charge in [0.1, 0.15) is 10.6 Å². The van der Waals surface area contributed by atoms with Crippen molar-refractivity contribution < 1.29 is 19.6 Å². The van der Waals surface area contributed by atoms with E-state index < -0.39 is 16.4 Å². The third-order valence-electron chi connectivity index (χ3n) is 3.62. The van der Waals surface area contributed by atoms with Crippen LogP contribution in [0.15, 0.2) is 18.2 Å². The third kappa shape index (κ3) is 3.31. The lowest BCUT2D eigenvalue weighted by molar-refractivity contribution is -0.384. The normalized spacial score (nSPS) is 24.8. The molecule has 2 unspecified atom stereocenters. The minimum atomic E-state index is -1.10. The second-order valence-corrected chi connectivity index (χ2v) is 5.38. The molecule has 1 aliphatic rings. The summed E-state index contributed by atoms with van der Waals surface area (Å²) < 4.78 is 5.27.